The van der Waals surface area contributed by atoms with Crippen LogP contribution in [-0.2, 0) is 0 Å². The van der Waals surface area contributed by atoms with Crippen LogP contribution in [0.5, 0.6) is 17.6 Å². The van der Waals surface area contributed by atoms with Gasteiger partial charge in [-0.1, -0.05) is 0 Å². The maximum atomic E-state index is 15.0. The average molecular weight is 479 g/mol. The number of nitriles is 1. The molecule has 1 atom stereocenters. The number of hydrogen-bond donors (Lipinski definition) is 0. The molecule has 35 heavy (non-hydrogen) atoms. The summed E-state index contributed by atoms with van der Waals surface area (Å²) in [5.74, 6) is -2.65. The summed E-state index contributed by atoms with van der Waals surface area (Å²) in [4.78, 5) is 14.1. The first kappa shape index (κ1) is 22.3. The predicted octanol–water partition coefficient (Wildman–Crippen LogP) is 2.98. The molecule has 0 saturated carbocycles. The van der Waals surface area contributed by atoms with Crippen LogP contribution in [0.15, 0.2) is 48.9 Å². The normalized spacial score (nSPS) is 16.8. The number of methoxy groups -OCH3 is 2. The van der Waals surface area contributed by atoms with Crippen LogP contribution in [0.25, 0.3) is 16.9 Å². The van der Waals surface area contributed by atoms with Gasteiger partial charge in [-0.25, -0.2) is 23.3 Å². The summed E-state index contributed by atoms with van der Waals surface area (Å²) in [5, 5.41) is 13.5. The van der Waals surface area contributed by atoms with E-state index in [2.05, 4.69) is 20.1 Å². The van der Waals surface area contributed by atoms with Gasteiger partial charge >= 0.3 is 11.9 Å². The van der Waals surface area contributed by atoms with Crippen molar-refractivity contribution in [2.75, 3.05) is 32.2 Å². The maximum Gasteiger partial charge on any atom is 0.319 e. The van der Waals surface area contributed by atoms with Crippen molar-refractivity contribution in [2.45, 2.75) is 12.0 Å². The Morgan fingerprint density at radius 1 is 1.14 bits per heavy atom. The number of benzene rings is 1. The van der Waals surface area contributed by atoms with Crippen LogP contribution in [-0.4, -0.2) is 63.9 Å². The van der Waals surface area contributed by atoms with Gasteiger partial charge in [-0.2, -0.15) is 15.3 Å². The monoisotopic (exact) mass is 479 g/mol. The maximum absolute atomic E-state index is 15.0. The SMILES string of the molecule is COc1ncc(-c2cc(N3CC(Oc4ccc(C#N)cc4)C(F)(F)C3)c3nccn3n2)c(OC)n1. The van der Waals surface area contributed by atoms with E-state index in [0.29, 0.717) is 28.2 Å². The molecular formula is C23H19F2N7O3. The molecule has 0 N–H and O–H groups in total. The Morgan fingerprint density at radius 3 is 2.66 bits per heavy atom. The van der Waals surface area contributed by atoms with E-state index >= 15 is 8.78 Å². The molecule has 1 unspecified atom stereocenters. The van der Waals surface area contributed by atoms with Gasteiger partial charge in [-0.15, -0.1) is 0 Å². The minimum atomic E-state index is -3.14. The largest absolute Gasteiger partial charge is 0.482 e. The smallest absolute Gasteiger partial charge is 0.319 e. The van der Waals surface area contributed by atoms with E-state index in [4.69, 9.17) is 19.5 Å². The lowest BCUT2D eigenvalue weighted by Gasteiger charge is -2.19. The number of hydrogen-bond acceptors (Lipinski definition) is 9. The molecule has 1 aliphatic rings. The highest BCUT2D eigenvalue weighted by Crippen LogP contribution is 2.37. The highest BCUT2D eigenvalue weighted by molar-refractivity contribution is 5.76. The molecule has 1 fully saturated rings. The average Bonchev–Trinajstić information content (AvgIpc) is 3.47. The number of nitrogens with zero attached hydrogens (tertiary/aromatic N) is 7. The minimum Gasteiger partial charge on any atom is -0.482 e. The fraction of sp³-hybridized carbons (Fsp3) is 0.261. The third kappa shape index (κ3) is 4.12. The van der Waals surface area contributed by atoms with Crippen molar-refractivity contribution >= 4 is 11.3 Å². The van der Waals surface area contributed by atoms with Crippen LogP contribution < -0.4 is 19.1 Å². The molecule has 0 radical (unpaired) electrons. The molecule has 0 aliphatic carbocycles. The van der Waals surface area contributed by atoms with E-state index in [9.17, 15) is 0 Å². The standard InChI is InChI=1S/C23H19F2N7O3/c1-33-21-16(11-28-22(29-21)34-2)17-9-18(20-27-7-8-32(20)30-17)31-12-19(23(24,25)13-31)35-15-5-3-14(10-26)4-6-15/h3-9,11,19H,12-13H2,1-2H3. The molecule has 4 heterocycles. The van der Waals surface area contributed by atoms with Gasteiger partial charge in [-0.3, -0.25) is 0 Å². The topological polar surface area (TPSA) is 111 Å². The third-order valence-corrected chi connectivity index (χ3v) is 5.58. The van der Waals surface area contributed by atoms with Gasteiger partial charge in [-0.05, 0) is 30.3 Å². The number of anilines is 1. The van der Waals surface area contributed by atoms with Crippen molar-refractivity contribution in [3.05, 3.63) is 54.5 Å². The Bertz CT molecular complexity index is 1420. The third-order valence-electron chi connectivity index (χ3n) is 5.58. The van der Waals surface area contributed by atoms with Crippen LogP contribution in [0.4, 0.5) is 14.5 Å². The lowest BCUT2D eigenvalue weighted by atomic mass is 10.2. The van der Waals surface area contributed by atoms with Crippen LogP contribution >= 0.6 is 0 Å². The molecule has 12 heteroatoms. The summed E-state index contributed by atoms with van der Waals surface area (Å²) in [5.41, 5.74) is 2.15. The highest BCUT2D eigenvalue weighted by atomic mass is 19.3. The molecule has 0 amide bonds. The second-order valence-corrected chi connectivity index (χ2v) is 7.77. The molecule has 5 rings (SSSR count). The molecule has 0 spiro atoms. The van der Waals surface area contributed by atoms with Gasteiger partial charge in [0.2, 0.25) is 5.88 Å². The number of aromatic nitrogens is 5. The summed E-state index contributed by atoms with van der Waals surface area (Å²) in [6.07, 6.45) is 3.25. The van der Waals surface area contributed by atoms with E-state index in [0.717, 1.165) is 0 Å². The van der Waals surface area contributed by atoms with E-state index in [1.807, 2.05) is 6.07 Å². The Morgan fingerprint density at radius 2 is 1.94 bits per heavy atom. The Balaban J connectivity index is 1.50. The predicted molar refractivity (Wildman–Crippen MR) is 120 cm³/mol. The minimum absolute atomic E-state index is 0.0881. The van der Waals surface area contributed by atoms with E-state index in [1.54, 1.807) is 12.3 Å². The zero-order valence-corrected chi connectivity index (χ0v) is 18.7. The molecule has 178 valence electrons. The molecule has 0 bridgehead atoms. The first-order valence-electron chi connectivity index (χ1n) is 10.5. The van der Waals surface area contributed by atoms with E-state index in [1.165, 1.54) is 60.3 Å². The van der Waals surface area contributed by atoms with E-state index < -0.39 is 18.6 Å². The first-order valence-corrected chi connectivity index (χ1v) is 10.5. The Hall–Kier alpha value is -4.53. The van der Waals surface area contributed by atoms with Gasteiger partial charge in [0.05, 0.1) is 50.2 Å². The van der Waals surface area contributed by atoms with Crippen molar-refractivity contribution < 1.29 is 23.0 Å². The number of imidazole rings is 1. The zero-order chi connectivity index (χ0) is 24.6. The number of rotatable bonds is 6. The fourth-order valence-electron chi connectivity index (χ4n) is 3.88. The van der Waals surface area contributed by atoms with Crippen molar-refractivity contribution in [1.29, 1.82) is 5.26 Å². The molecule has 3 aromatic heterocycles. The van der Waals surface area contributed by atoms with Gasteiger partial charge in [0.15, 0.2) is 11.8 Å². The quantitative estimate of drug-likeness (QED) is 0.412. The van der Waals surface area contributed by atoms with Crippen molar-refractivity contribution in [2.24, 2.45) is 0 Å². The van der Waals surface area contributed by atoms with E-state index in [-0.39, 0.29) is 24.2 Å². The highest BCUT2D eigenvalue weighted by Gasteiger charge is 2.50. The number of halogens is 2. The summed E-state index contributed by atoms with van der Waals surface area (Å²) in [7, 11) is 2.89. The summed E-state index contributed by atoms with van der Waals surface area (Å²) in [6.45, 7) is -0.661. The Kier molecular flexibility index (Phi) is 5.52. The first-order chi connectivity index (χ1) is 16.9. The second kappa shape index (κ2) is 8.68. The van der Waals surface area contributed by atoms with Crippen LogP contribution in [0.2, 0.25) is 0 Å². The second-order valence-electron chi connectivity index (χ2n) is 7.77. The lowest BCUT2D eigenvalue weighted by Crippen LogP contribution is -2.36. The summed E-state index contributed by atoms with van der Waals surface area (Å²) < 4.78 is 47.6. The van der Waals surface area contributed by atoms with Gasteiger partial charge in [0.25, 0.3) is 0 Å². The summed E-state index contributed by atoms with van der Waals surface area (Å²) in [6, 6.07) is 9.81. The fourth-order valence-corrected chi connectivity index (χ4v) is 3.88. The molecule has 1 saturated heterocycles. The molecule has 4 aromatic rings. The van der Waals surface area contributed by atoms with Crippen molar-refractivity contribution in [3.63, 3.8) is 0 Å². The van der Waals surface area contributed by atoms with Crippen LogP contribution in [0.1, 0.15) is 5.56 Å². The number of fused-ring (bicyclic) bond motifs is 1. The van der Waals surface area contributed by atoms with Gasteiger partial charge in [0, 0.05) is 18.6 Å². The van der Waals surface area contributed by atoms with Crippen molar-refractivity contribution in [1.82, 2.24) is 24.6 Å². The van der Waals surface area contributed by atoms with Gasteiger partial charge < -0.3 is 19.1 Å². The lowest BCUT2D eigenvalue weighted by molar-refractivity contribution is -0.0594. The van der Waals surface area contributed by atoms with Crippen LogP contribution in [0, 0.1) is 11.3 Å². The molecule has 10 nitrogen and oxygen atoms in total. The molecule has 1 aromatic carbocycles. The molecule has 1 aliphatic heterocycles. The zero-order valence-electron chi connectivity index (χ0n) is 18.7. The molecular weight excluding hydrogens is 460 g/mol. The van der Waals surface area contributed by atoms with Crippen LogP contribution in [0.3, 0.4) is 0 Å². The Labute approximate surface area is 198 Å². The van der Waals surface area contributed by atoms with Gasteiger partial charge in [0.1, 0.15) is 11.4 Å². The number of alkyl halides is 2. The van der Waals surface area contributed by atoms with Crippen molar-refractivity contribution in [3.8, 4) is 35.0 Å². The number of ether oxygens (including phenoxy) is 3. The summed E-state index contributed by atoms with van der Waals surface area (Å²) >= 11 is 0.